The Morgan fingerprint density at radius 1 is 1.03 bits per heavy atom. The van der Waals surface area contributed by atoms with Gasteiger partial charge in [0.1, 0.15) is 5.54 Å². The summed E-state index contributed by atoms with van der Waals surface area (Å²) in [5.41, 5.74) is 1.72. The predicted molar refractivity (Wildman–Crippen MR) is 124 cm³/mol. The number of amides is 1. The van der Waals surface area contributed by atoms with E-state index in [-0.39, 0.29) is 18.0 Å². The molecule has 5 saturated carbocycles. The molecule has 5 heteroatoms. The van der Waals surface area contributed by atoms with Crippen molar-refractivity contribution in [3.8, 4) is 6.07 Å². The smallest absolute Gasteiger partial charge is 0.242 e. The van der Waals surface area contributed by atoms with Crippen LogP contribution in [0.25, 0.3) is 0 Å². The first-order valence-electron chi connectivity index (χ1n) is 12.3. The van der Waals surface area contributed by atoms with E-state index in [2.05, 4.69) is 34.9 Å². The topological polar surface area (TPSA) is 68.2 Å². The Kier molecular flexibility index (Phi) is 5.36. The van der Waals surface area contributed by atoms with E-state index < -0.39 is 5.54 Å². The van der Waals surface area contributed by atoms with Gasteiger partial charge in [-0.15, -0.1) is 0 Å². The molecule has 0 saturated heterocycles. The minimum absolute atomic E-state index is 0.00643. The van der Waals surface area contributed by atoms with Gasteiger partial charge in [-0.05, 0) is 81.3 Å². The van der Waals surface area contributed by atoms with Gasteiger partial charge in [-0.1, -0.05) is 31.4 Å². The van der Waals surface area contributed by atoms with Gasteiger partial charge in [0.2, 0.25) is 5.91 Å². The second kappa shape index (κ2) is 8.04. The molecule has 0 aliphatic heterocycles. The fraction of sp³-hybridized carbons (Fsp3) is 0.692. The summed E-state index contributed by atoms with van der Waals surface area (Å²) in [6, 6.07) is 10.8. The Morgan fingerprint density at radius 3 is 2.19 bits per heavy atom. The summed E-state index contributed by atoms with van der Waals surface area (Å²) in [6.45, 7) is 0.222. The second-order valence-electron chi connectivity index (χ2n) is 10.9. The number of rotatable bonds is 6. The third kappa shape index (κ3) is 3.90. The van der Waals surface area contributed by atoms with Gasteiger partial charge < -0.3 is 15.5 Å². The lowest BCUT2D eigenvalue weighted by molar-refractivity contribution is -0.132. The first-order chi connectivity index (χ1) is 15.0. The number of carbonyl (C=O) groups excluding carboxylic acids is 1. The van der Waals surface area contributed by atoms with Crippen molar-refractivity contribution >= 4 is 17.3 Å². The van der Waals surface area contributed by atoms with Gasteiger partial charge in [0.05, 0.1) is 24.0 Å². The van der Waals surface area contributed by atoms with Crippen LogP contribution in [0.3, 0.4) is 0 Å². The molecular weight excluding hydrogens is 384 g/mol. The minimum atomic E-state index is -0.631. The molecule has 166 valence electrons. The summed E-state index contributed by atoms with van der Waals surface area (Å²) in [5.74, 6) is 2.68. The molecule has 0 unspecified atom stereocenters. The summed E-state index contributed by atoms with van der Waals surface area (Å²) in [6.07, 6.45) is 13.0. The molecule has 0 spiro atoms. The average Bonchev–Trinajstić information content (AvgIpc) is 2.77. The van der Waals surface area contributed by atoms with Crippen molar-refractivity contribution in [2.45, 2.75) is 81.7 Å². The molecule has 2 N–H and O–H groups in total. The lowest BCUT2D eigenvalue weighted by Gasteiger charge is -2.57. The Balaban J connectivity index is 1.26. The van der Waals surface area contributed by atoms with Gasteiger partial charge in [0.25, 0.3) is 0 Å². The van der Waals surface area contributed by atoms with Crippen molar-refractivity contribution in [3.63, 3.8) is 0 Å². The SMILES string of the molecule is CN(C(=O)CNc1ccccc1NC12CC3CC(CC(C3)C1)C2)C1(C#N)CCCCC1. The Hall–Kier alpha value is -2.22. The number of hydrogen-bond donors (Lipinski definition) is 2. The summed E-state index contributed by atoms with van der Waals surface area (Å²) in [4.78, 5) is 14.7. The molecule has 1 aromatic rings. The lowest BCUT2D eigenvalue weighted by Crippen LogP contribution is -2.54. The van der Waals surface area contributed by atoms with Crippen molar-refractivity contribution in [2.75, 3.05) is 24.2 Å². The molecule has 0 heterocycles. The van der Waals surface area contributed by atoms with Crippen LogP contribution < -0.4 is 10.6 Å². The summed E-state index contributed by atoms with van der Waals surface area (Å²) in [5, 5.41) is 17.1. The highest BCUT2D eigenvalue weighted by atomic mass is 16.2. The number of anilines is 2. The maximum atomic E-state index is 13.0. The molecule has 5 aliphatic rings. The number of para-hydroxylation sites is 2. The standard InChI is InChI=1S/C26H36N4O/c1-30(26(18-27)9-5-2-6-10-26)24(31)17-28-22-7-3-4-8-23(22)29-25-14-19-11-20(15-25)13-21(12-19)16-25/h3-4,7-8,19-21,28-29H,2,5-6,9-17H2,1H3. The van der Waals surface area contributed by atoms with Gasteiger partial charge in [-0.25, -0.2) is 0 Å². The lowest BCUT2D eigenvalue weighted by atomic mass is 9.53. The van der Waals surface area contributed by atoms with Gasteiger partial charge in [-0.2, -0.15) is 5.26 Å². The first kappa shape index (κ1) is 20.7. The number of nitrogens with zero attached hydrogens (tertiary/aromatic N) is 2. The van der Waals surface area contributed by atoms with Crippen molar-refractivity contribution in [2.24, 2.45) is 17.8 Å². The fourth-order valence-corrected chi connectivity index (χ4v) is 7.48. The van der Waals surface area contributed by atoms with Crippen molar-refractivity contribution in [1.82, 2.24) is 4.90 Å². The molecule has 31 heavy (non-hydrogen) atoms. The van der Waals surface area contributed by atoms with E-state index in [1.165, 1.54) is 38.5 Å². The van der Waals surface area contributed by atoms with Gasteiger partial charge in [0, 0.05) is 12.6 Å². The third-order valence-electron chi connectivity index (χ3n) is 8.70. The van der Waals surface area contributed by atoms with Crippen LogP contribution in [0, 0.1) is 29.1 Å². The van der Waals surface area contributed by atoms with Crippen molar-refractivity contribution < 1.29 is 4.79 Å². The largest absolute Gasteiger partial charge is 0.378 e. The number of hydrogen-bond acceptors (Lipinski definition) is 4. The Bertz CT molecular complexity index is 831. The maximum absolute atomic E-state index is 13.0. The summed E-state index contributed by atoms with van der Waals surface area (Å²) in [7, 11) is 1.80. The third-order valence-corrected chi connectivity index (χ3v) is 8.70. The Labute approximate surface area is 186 Å². The molecule has 0 radical (unpaired) electrons. The zero-order valence-corrected chi connectivity index (χ0v) is 18.8. The predicted octanol–water partition coefficient (Wildman–Crippen LogP) is 5.16. The molecule has 6 rings (SSSR count). The van der Waals surface area contributed by atoms with Crippen LogP contribution >= 0.6 is 0 Å². The molecule has 5 fully saturated rings. The number of nitrogens with one attached hydrogen (secondary N) is 2. The highest BCUT2D eigenvalue weighted by Gasteiger charge is 2.51. The van der Waals surface area contributed by atoms with Crippen LogP contribution in [0.15, 0.2) is 24.3 Å². The monoisotopic (exact) mass is 420 g/mol. The zero-order valence-electron chi connectivity index (χ0n) is 18.8. The van der Waals surface area contributed by atoms with Crippen LogP contribution in [0.4, 0.5) is 11.4 Å². The van der Waals surface area contributed by atoms with Crippen LogP contribution in [0.5, 0.6) is 0 Å². The minimum Gasteiger partial charge on any atom is -0.378 e. The molecule has 5 aliphatic carbocycles. The Morgan fingerprint density at radius 2 is 1.61 bits per heavy atom. The first-order valence-corrected chi connectivity index (χ1v) is 12.3. The van der Waals surface area contributed by atoms with Gasteiger partial charge >= 0.3 is 0 Å². The van der Waals surface area contributed by atoms with Crippen LogP contribution in [0.1, 0.15) is 70.6 Å². The number of benzene rings is 1. The van der Waals surface area contributed by atoms with Crippen molar-refractivity contribution in [3.05, 3.63) is 24.3 Å². The highest BCUT2D eigenvalue weighted by molar-refractivity contribution is 5.83. The maximum Gasteiger partial charge on any atom is 0.242 e. The highest BCUT2D eigenvalue weighted by Crippen LogP contribution is 2.56. The van der Waals surface area contributed by atoms with E-state index in [0.717, 1.165) is 61.2 Å². The number of carbonyl (C=O) groups is 1. The zero-order chi connectivity index (χ0) is 21.5. The van der Waals surface area contributed by atoms with Crippen molar-refractivity contribution in [1.29, 1.82) is 5.26 Å². The fourth-order valence-electron chi connectivity index (χ4n) is 7.48. The molecule has 4 bridgehead atoms. The van der Waals surface area contributed by atoms with Crippen LogP contribution in [-0.4, -0.2) is 35.5 Å². The van der Waals surface area contributed by atoms with E-state index in [1.54, 1.807) is 11.9 Å². The summed E-state index contributed by atoms with van der Waals surface area (Å²) < 4.78 is 0. The van der Waals surface area contributed by atoms with E-state index in [1.807, 2.05) is 6.07 Å². The molecule has 0 aromatic heterocycles. The second-order valence-corrected chi connectivity index (χ2v) is 10.9. The molecule has 1 aromatic carbocycles. The van der Waals surface area contributed by atoms with Crippen LogP contribution in [0.2, 0.25) is 0 Å². The van der Waals surface area contributed by atoms with Gasteiger partial charge in [-0.3, -0.25) is 4.79 Å². The normalized spacial score (nSPS) is 32.8. The number of likely N-dealkylation sites (N-methyl/N-ethyl adjacent to an activating group) is 1. The molecule has 0 atom stereocenters. The molecule has 5 nitrogen and oxygen atoms in total. The van der Waals surface area contributed by atoms with Gasteiger partial charge in [0.15, 0.2) is 0 Å². The molecule has 1 amide bonds. The van der Waals surface area contributed by atoms with E-state index >= 15 is 0 Å². The quantitative estimate of drug-likeness (QED) is 0.667. The molecular formula is C26H36N4O. The van der Waals surface area contributed by atoms with E-state index in [4.69, 9.17) is 0 Å². The van der Waals surface area contributed by atoms with E-state index in [9.17, 15) is 10.1 Å². The number of nitriles is 1. The average molecular weight is 421 g/mol. The van der Waals surface area contributed by atoms with E-state index in [0.29, 0.717) is 0 Å². The van der Waals surface area contributed by atoms with Crippen LogP contribution in [-0.2, 0) is 4.79 Å². The summed E-state index contributed by atoms with van der Waals surface area (Å²) >= 11 is 0.